The molecule has 0 atom stereocenters. The van der Waals surface area contributed by atoms with Crippen molar-refractivity contribution < 1.29 is 4.74 Å². The molecule has 124 valence electrons. The summed E-state index contributed by atoms with van der Waals surface area (Å²) in [5, 5.41) is 8.43. The molecule has 0 aliphatic carbocycles. The van der Waals surface area contributed by atoms with Gasteiger partial charge in [0.05, 0.1) is 18.9 Å². The number of benzene rings is 1. The van der Waals surface area contributed by atoms with Crippen molar-refractivity contribution >= 4 is 5.69 Å². The number of anilines is 1. The standard InChI is InChI=1S/C18H21N5O/c1-22(15-7-4-3-5-8-15)11-6-12-23-14-17(20-21-23)16-13-19-10-9-18(16)24-2/h3-5,7-10,13-14H,6,11-12H2,1-2H3. The largest absolute Gasteiger partial charge is 0.496 e. The van der Waals surface area contributed by atoms with E-state index in [1.165, 1.54) is 5.69 Å². The molecule has 0 fully saturated rings. The van der Waals surface area contributed by atoms with Crippen molar-refractivity contribution in [2.24, 2.45) is 0 Å². The van der Waals surface area contributed by atoms with Crippen molar-refractivity contribution in [3.8, 4) is 17.0 Å². The van der Waals surface area contributed by atoms with E-state index in [2.05, 4.69) is 51.5 Å². The van der Waals surface area contributed by atoms with Gasteiger partial charge in [0.1, 0.15) is 11.4 Å². The van der Waals surface area contributed by atoms with E-state index >= 15 is 0 Å². The van der Waals surface area contributed by atoms with Crippen LogP contribution in [0.25, 0.3) is 11.3 Å². The minimum atomic E-state index is 0.751. The average molecular weight is 323 g/mol. The Morgan fingerprint density at radius 2 is 2.00 bits per heavy atom. The highest BCUT2D eigenvalue weighted by molar-refractivity contribution is 5.64. The molecule has 0 aliphatic heterocycles. The van der Waals surface area contributed by atoms with Crippen LogP contribution in [0.2, 0.25) is 0 Å². The fourth-order valence-electron chi connectivity index (χ4n) is 2.56. The molecule has 0 saturated heterocycles. The third-order valence-electron chi connectivity index (χ3n) is 3.89. The molecule has 0 N–H and O–H groups in total. The minimum Gasteiger partial charge on any atom is -0.496 e. The molecule has 3 rings (SSSR count). The smallest absolute Gasteiger partial charge is 0.131 e. The molecule has 2 aromatic heterocycles. The predicted molar refractivity (Wildman–Crippen MR) is 94.1 cm³/mol. The molecule has 24 heavy (non-hydrogen) atoms. The van der Waals surface area contributed by atoms with E-state index in [1.807, 2.05) is 23.0 Å². The van der Waals surface area contributed by atoms with Gasteiger partial charge in [-0.25, -0.2) is 0 Å². The van der Waals surface area contributed by atoms with Crippen LogP contribution in [0.15, 0.2) is 55.0 Å². The molecule has 0 bridgehead atoms. The van der Waals surface area contributed by atoms with Gasteiger partial charge in [0.15, 0.2) is 0 Å². The van der Waals surface area contributed by atoms with Gasteiger partial charge < -0.3 is 9.64 Å². The number of aryl methyl sites for hydroxylation is 1. The number of nitrogens with zero attached hydrogens (tertiary/aromatic N) is 5. The van der Waals surface area contributed by atoms with E-state index in [4.69, 9.17) is 4.74 Å². The summed E-state index contributed by atoms with van der Waals surface area (Å²) >= 11 is 0. The highest BCUT2D eigenvalue weighted by atomic mass is 16.5. The van der Waals surface area contributed by atoms with Gasteiger partial charge in [0.2, 0.25) is 0 Å². The lowest BCUT2D eigenvalue weighted by Gasteiger charge is -2.18. The van der Waals surface area contributed by atoms with Crippen molar-refractivity contribution in [3.05, 3.63) is 55.0 Å². The van der Waals surface area contributed by atoms with E-state index in [0.717, 1.165) is 36.5 Å². The number of pyridine rings is 1. The number of hydrogen-bond acceptors (Lipinski definition) is 5. The molecule has 3 aromatic rings. The van der Waals surface area contributed by atoms with Gasteiger partial charge in [-0.3, -0.25) is 9.67 Å². The minimum absolute atomic E-state index is 0.751. The molecule has 6 heteroatoms. The molecule has 0 radical (unpaired) electrons. The van der Waals surface area contributed by atoms with E-state index in [0.29, 0.717) is 0 Å². The zero-order chi connectivity index (χ0) is 16.8. The van der Waals surface area contributed by atoms with Crippen LogP contribution in [0.5, 0.6) is 5.75 Å². The van der Waals surface area contributed by atoms with Gasteiger partial charge in [-0.1, -0.05) is 23.4 Å². The first-order valence-electron chi connectivity index (χ1n) is 7.92. The maximum absolute atomic E-state index is 5.35. The SMILES string of the molecule is COc1ccncc1-c1cn(CCCN(C)c2ccccc2)nn1. The quantitative estimate of drug-likeness (QED) is 0.669. The number of methoxy groups -OCH3 is 1. The fourth-order valence-corrected chi connectivity index (χ4v) is 2.56. The Bertz CT molecular complexity index is 772. The highest BCUT2D eigenvalue weighted by Crippen LogP contribution is 2.26. The molecule has 2 heterocycles. The lowest BCUT2D eigenvalue weighted by Crippen LogP contribution is -2.19. The van der Waals surface area contributed by atoms with Gasteiger partial charge in [-0.2, -0.15) is 0 Å². The van der Waals surface area contributed by atoms with Crippen LogP contribution in [-0.2, 0) is 6.54 Å². The predicted octanol–water partition coefficient (Wildman–Crippen LogP) is 2.88. The summed E-state index contributed by atoms with van der Waals surface area (Å²) in [5.41, 5.74) is 2.85. The summed E-state index contributed by atoms with van der Waals surface area (Å²) in [6, 6.07) is 12.2. The van der Waals surface area contributed by atoms with E-state index in [-0.39, 0.29) is 0 Å². The van der Waals surface area contributed by atoms with Crippen molar-refractivity contribution in [3.63, 3.8) is 0 Å². The van der Waals surface area contributed by atoms with Gasteiger partial charge >= 0.3 is 0 Å². The first-order chi connectivity index (χ1) is 11.8. The van der Waals surface area contributed by atoms with E-state index in [1.54, 1.807) is 19.5 Å². The van der Waals surface area contributed by atoms with Crippen LogP contribution in [-0.4, -0.2) is 40.7 Å². The maximum atomic E-state index is 5.35. The summed E-state index contributed by atoms with van der Waals surface area (Å²) < 4.78 is 7.21. The van der Waals surface area contributed by atoms with Crippen LogP contribution in [0.3, 0.4) is 0 Å². The summed E-state index contributed by atoms with van der Waals surface area (Å²) in [6.45, 7) is 1.77. The Hall–Kier alpha value is -2.89. The summed E-state index contributed by atoms with van der Waals surface area (Å²) in [7, 11) is 3.74. The summed E-state index contributed by atoms with van der Waals surface area (Å²) in [6.07, 6.45) is 6.36. The van der Waals surface area contributed by atoms with Crippen LogP contribution in [0.4, 0.5) is 5.69 Å². The van der Waals surface area contributed by atoms with Crippen LogP contribution in [0, 0.1) is 0 Å². The summed E-state index contributed by atoms with van der Waals surface area (Å²) in [4.78, 5) is 6.37. The van der Waals surface area contributed by atoms with Gasteiger partial charge in [-0.05, 0) is 24.6 Å². The molecule has 0 amide bonds. The number of aromatic nitrogens is 4. The Labute approximate surface area is 141 Å². The molecular formula is C18H21N5O. The maximum Gasteiger partial charge on any atom is 0.131 e. The third-order valence-corrected chi connectivity index (χ3v) is 3.89. The zero-order valence-corrected chi connectivity index (χ0v) is 14.0. The third kappa shape index (κ3) is 3.71. The molecular weight excluding hydrogens is 302 g/mol. The van der Waals surface area contributed by atoms with Crippen molar-refractivity contribution in [1.29, 1.82) is 0 Å². The highest BCUT2D eigenvalue weighted by Gasteiger charge is 2.10. The zero-order valence-electron chi connectivity index (χ0n) is 14.0. The monoisotopic (exact) mass is 323 g/mol. The molecule has 0 aliphatic rings. The van der Waals surface area contributed by atoms with Gasteiger partial charge in [0, 0.05) is 38.2 Å². The number of hydrogen-bond donors (Lipinski definition) is 0. The van der Waals surface area contributed by atoms with Gasteiger partial charge in [0.25, 0.3) is 0 Å². The second kappa shape index (κ2) is 7.59. The Kier molecular flexibility index (Phi) is 5.05. The second-order valence-corrected chi connectivity index (χ2v) is 5.55. The summed E-state index contributed by atoms with van der Waals surface area (Å²) in [5.74, 6) is 0.751. The number of ether oxygens (including phenoxy) is 1. The number of para-hydroxylation sites is 1. The molecule has 0 unspecified atom stereocenters. The van der Waals surface area contributed by atoms with Crippen molar-refractivity contribution in [1.82, 2.24) is 20.0 Å². The average Bonchev–Trinajstić information content (AvgIpc) is 3.11. The lowest BCUT2D eigenvalue weighted by atomic mass is 10.2. The normalized spacial score (nSPS) is 10.6. The van der Waals surface area contributed by atoms with E-state index < -0.39 is 0 Å². The van der Waals surface area contributed by atoms with Crippen LogP contribution < -0.4 is 9.64 Å². The van der Waals surface area contributed by atoms with Crippen molar-refractivity contribution in [2.45, 2.75) is 13.0 Å². The first kappa shape index (κ1) is 16.0. The van der Waals surface area contributed by atoms with E-state index in [9.17, 15) is 0 Å². The molecule has 0 saturated carbocycles. The van der Waals surface area contributed by atoms with Crippen LogP contribution in [0.1, 0.15) is 6.42 Å². The number of rotatable bonds is 7. The Morgan fingerprint density at radius 3 is 2.79 bits per heavy atom. The van der Waals surface area contributed by atoms with Crippen LogP contribution >= 0.6 is 0 Å². The molecule has 1 aromatic carbocycles. The fraction of sp³-hybridized carbons (Fsp3) is 0.278. The topological polar surface area (TPSA) is 56.1 Å². The second-order valence-electron chi connectivity index (χ2n) is 5.55. The van der Waals surface area contributed by atoms with Gasteiger partial charge in [-0.15, -0.1) is 5.10 Å². The van der Waals surface area contributed by atoms with Crippen molar-refractivity contribution in [2.75, 3.05) is 25.6 Å². The molecule has 6 nitrogen and oxygen atoms in total. The Morgan fingerprint density at radius 1 is 1.17 bits per heavy atom. The Balaban J connectivity index is 1.59. The molecule has 0 spiro atoms. The lowest BCUT2D eigenvalue weighted by molar-refractivity contribution is 0.416. The first-order valence-corrected chi connectivity index (χ1v) is 7.92.